The van der Waals surface area contributed by atoms with Crippen molar-refractivity contribution in [2.75, 3.05) is 14.2 Å². The zero-order valence-electron chi connectivity index (χ0n) is 15.0. The van der Waals surface area contributed by atoms with Gasteiger partial charge in [-0.05, 0) is 37.1 Å². The Labute approximate surface area is 159 Å². The minimum atomic E-state index is -0.906. The van der Waals surface area contributed by atoms with E-state index in [0.29, 0.717) is 22.9 Å². The Kier molecular flexibility index (Phi) is 6.89. The summed E-state index contributed by atoms with van der Waals surface area (Å²) in [5, 5.41) is 1.36. The van der Waals surface area contributed by atoms with Crippen LogP contribution in [0.1, 0.15) is 25.0 Å². The first-order valence-electron chi connectivity index (χ1n) is 8.08. The fourth-order valence-electron chi connectivity index (χ4n) is 2.73. The summed E-state index contributed by atoms with van der Waals surface area (Å²) in [6.45, 7) is 3.75. The van der Waals surface area contributed by atoms with Gasteiger partial charge in [0.15, 0.2) is 11.6 Å². The van der Waals surface area contributed by atoms with Crippen LogP contribution in [-0.2, 0) is 27.1 Å². The Morgan fingerprint density at radius 3 is 1.40 bits per heavy atom. The summed E-state index contributed by atoms with van der Waals surface area (Å²) in [5.74, 6) is -1.81. The van der Waals surface area contributed by atoms with Gasteiger partial charge in [-0.3, -0.25) is 0 Å². The smallest absolute Gasteiger partial charge is 0.172 e. The number of halogens is 2. The van der Waals surface area contributed by atoms with Gasteiger partial charge in [-0.1, -0.05) is 59.6 Å². The Balaban J connectivity index is 2.21. The number of methoxy groups -OCH3 is 2. The van der Waals surface area contributed by atoms with E-state index in [2.05, 4.69) is 0 Å². The van der Waals surface area contributed by atoms with Crippen LogP contribution in [0.5, 0.6) is 0 Å². The standard InChI is InChI=1S/C20H24Cl2O3/c1-19(23-3,13-15-9-5-7-11-17(15)21)25-20(2,24-4)14-16-10-6-8-12-18(16)22/h5-12H,13-14H2,1-4H3. The van der Waals surface area contributed by atoms with Crippen LogP contribution < -0.4 is 0 Å². The van der Waals surface area contributed by atoms with Crippen LogP contribution in [0.15, 0.2) is 48.5 Å². The zero-order valence-corrected chi connectivity index (χ0v) is 16.5. The van der Waals surface area contributed by atoms with E-state index in [1.807, 2.05) is 62.4 Å². The molecular weight excluding hydrogens is 359 g/mol. The molecule has 0 spiro atoms. The van der Waals surface area contributed by atoms with Gasteiger partial charge in [0.05, 0.1) is 0 Å². The second-order valence-electron chi connectivity index (χ2n) is 6.31. The van der Waals surface area contributed by atoms with Gasteiger partial charge in [-0.2, -0.15) is 0 Å². The molecule has 0 aliphatic rings. The van der Waals surface area contributed by atoms with Crippen LogP contribution in [0, 0.1) is 0 Å². The Bertz CT molecular complexity index is 647. The lowest BCUT2D eigenvalue weighted by Crippen LogP contribution is -2.46. The molecule has 0 saturated heterocycles. The van der Waals surface area contributed by atoms with E-state index >= 15 is 0 Å². The van der Waals surface area contributed by atoms with Crippen molar-refractivity contribution < 1.29 is 14.2 Å². The molecule has 5 heteroatoms. The van der Waals surface area contributed by atoms with Gasteiger partial charge in [0.25, 0.3) is 0 Å². The van der Waals surface area contributed by atoms with Crippen molar-refractivity contribution in [3.05, 3.63) is 69.7 Å². The second kappa shape index (κ2) is 8.52. The summed E-state index contributed by atoms with van der Waals surface area (Å²) in [5.41, 5.74) is 1.90. The van der Waals surface area contributed by atoms with Gasteiger partial charge in [0, 0.05) is 37.1 Å². The summed E-state index contributed by atoms with van der Waals surface area (Å²) in [7, 11) is 3.23. The highest BCUT2D eigenvalue weighted by Crippen LogP contribution is 2.32. The molecule has 0 aliphatic carbocycles. The normalized spacial score (nSPS) is 16.2. The van der Waals surface area contributed by atoms with E-state index in [1.165, 1.54) is 0 Å². The van der Waals surface area contributed by atoms with Gasteiger partial charge in [-0.25, -0.2) is 0 Å². The van der Waals surface area contributed by atoms with Crippen LogP contribution in [0.4, 0.5) is 0 Å². The van der Waals surface area contributed by atoms with Crippen molar-refractivity contribution in [1.29, 1.82) is 0 Å². The topological polar surface area (TPSA) is 27.7 Å². The van der Waals surface area contributed by atoms with Crippen molar-refractivity contribution in [3.8, 4) is 0 Å². The molecule has 0 aromatic heterocycles. The molecule has 0 N–H and O–H groups in total. The number of rotatable bonds is 8. The molecule has 25 heavy (non-hydrogen) atoms. The average molecular weight is 383 g/mol. The minimum Gasteiger partial charge on any atom is -0.353 e. The molecule has 2 aromatic rings. The monoisotopic (exact) mass is 382 g/mol. The number of hydrogen-bond acceptors (Lipinski definition) is 3. The third-order valence-corrected chi connectivity index (χ3v) is 4.97. The van der Waals surface area contributed by atoms with Crippen molar-refractivity contribution in [1.82, 2.24) is 0 Å². The van der Waals surface area contributed by atoms with Crippen LogP contribution in [0.2, 0.25) is 10.0 Å². The SMILES string of the molecule is COC(C)(Cc1ccccc1Cl)OC(C)(Cc1ccccc1Cl)OC. The maximum absolute atomic E-state index is 6.28. The molecule has 2 atom stereocenters. The highest BCUT2D eigenvalue weighted by Gasteiger charge is 2.37. The number of benzene rings is 2. The molecule has 2 rings (SSSR count). The van der Waals surface area contributed by atoms with E-state index in [-0.39, 0.29) is 0 Å². The molecule has 0 bridgehead atoms. The Morgan fingerprint density at radius 1 is 0.720 bits per heavy atom. The lowest BCUT2D eigenvalue weighted by atomic mass is 10.0. The number of ether oxygens (including phenoxy) is 3. The molecular formula is C20H24Cl2O3. The Morgan fingerprint density at radius 2 is 1.08 bits per heavy atom. The summed E-state index contributed by atoms with van der Waals surface area (Å²) >= 11 is 12.6. The molecule has 0 fully saturated rings. The van der Waals surface area contributed by atoms with E-state index in [1.54, 1.807) is 14.2 Å². The molecule has 136 valence electrons. The first-order valence-corrected chi connectivity index (χ1v) is 8.84. The van der Waals surface area contributed by atoms with E-state index in [9.17, 15) is 0 Å². The zero-order chi connectivity index (χ0) is 18.5. The second-order valence-corrected chi connectivity index (χ2v) is 7.13. The average Bonchev–Trinajstić information content (AvgIpc) is 2.59. The first kappa shape index (κ1) is 20.2. The van der Waals surface area contributed by atoms with Gasteiger partial charge >= 0.3 is 0 Å². The van der Waals surface area contributed by atoms with Gasteiger partial charge < -0.3 is 14.2 Å². The molecule has 0 aliphatic heterocycles. The van der Waals surface area contributed by atoms with Crippen LogP contribution in [-0.4, -0.2) is 25.8 Å². The van der Waals surface area contributed by atoms with Gasteiger partial charge in [-0.15, -0.1) is 0 Å². The summed E-state index contributed by atoms with van der Waals surface area (Å²) in [6.07, 6.45) is 0.981. The first-order chi connectivity index (χ1) is 11.8. The van der Waals surface area contributed by atoms with Crippen molar-refractivity contribution in [2.45, 2.75) is 38.3 Å². The van der Waals surface area contributed by atoms with Gasteiger partial charge in [0.2, 0.25) is 0 Å². The molecule has 0 radical (unpaired) electrons. The van der Waals surface area contributed by atoms with E-state index in [4.69, 9.17) is 37.4 Å². The molecule has 0 amide bonds. The highest BCUT2D eigenvalue weighted by atomic mass is 35.5. The predicted octanol–water partition coefficient (Wildman–Crippen LogP) is 5.52. The third kappa shape index (κ3) is 5.44. The van der Waals surface area contributed by atoms with E-state index < -0.39 is 11.6 Å². The van der Waals surface area contributed by atoms with E-state index in [0.717, 1.165) is 11.1 Å². The lowest BCUT2D eigenvalue weighted by molar-refractivity contribution is -0.334. The third-order valence-electron chi connectivity index (χ3n) is 4.23. The van der Waals surface area contributed by atoms with Crippen molar-refractivity contribution in [2.24, 2.45) is 0 Å². The maximum atomic E-state index is 6.28. The molecule has 0 saturated carbocycles. The maximum Gasteiger partial charge on any atom is 0.172 e. The van der Waals surface area contributed by atoms with Crippen LogP contribution in [0.3, 0.4) is 0 Å². The van der Waals surface area contributed by atoms with Gasteiger partial charge in [0.1, 0.15) is 0 Å². The molecule has 0 heterocycles. The largest absolute Gasteiger partial charge is 0.353 e. The van der Waals surface area contributed by atoms with Crippen LogP contribution in [0.25, 0.3) is 0 Å². The number of hydrogen-bond donors (Lipinski definition) is 0. The fourth-order valence-corrected chi connectivity index (χ4v) is 3.14. The van der Waals surface area contributed by atoms with Crippen LogP contribution >= 0.6 is 23.2 Å². The summed E-state index contributed by atoms with van der Waals surface area (Å²) in [4.78, 5) is 0. The molecule has 2 unspecified atom stereocenters. The highest BCUT2D eigenvalue weighted by molar-refractivity contribution is 6.31. The molecule has 2 aromatic carbocycles. The van der Waals surface area contributed by atoms with Crippen molar-refractivity contribution >= 4 is 23.2 Å². The molecule has 3 nitrogen and oxygen atoms in total. The fraction of sp³-hybridized carbons (Fsp3) is 0.400. The lowest BCUT2D eigenvalue weighted by Gasteiger charge is -2.39. The quantitative estimate of drug-likeness (QED) is 0.562. The minimum absolute atomic E-state index is 0.491. The predicted molar refractivity (Wildman–Crippen MR) is 102 cm³/mol. The van der Waals surface area contributed by atoms with Crippen molar-refractivity contribution in [3.63, 3.8) is 0 Å². The Hall–Kier alpha value is -1.10. The summed E-state index contributed by atoms with van der Waals surface area (Å²) in [6, 6.07) is 15.3. The summed E-state index contributed by atoms with van der Waals surface area (Å²) < 4.78 is 17.6.